The molecule has 0 atom stereocenters. The van der Waals surface area contributed by atoms with Gasteiger partial charge in [0, 0.05) is 6.42 Å². The molecular weight excluding hydrogens is 415 g/mol. The Labute approximate surface area is 162 Å². The normalized spacial score (nSPS) is 11.4. The fourth-order valence-electron chi connectivity index (χ4n) is 2.35. The molecule has 3 heteroatoms. The molecule has 0 saturated heterocycles. The van der Waals surface area contributed by atoms with E-state index in [-0.39, 0.29) is 0 Å². The van der Waals surface area contributed by atoms with E-state index in [0.717, 1.165) is 12.8 Å². The third kappa shape index (κ3) is 40.2. The summed E-state index contributed by atoms with van der Waals surface area (Å²) in [5.41, 5.74) is 0. The maximum absolute atomic E-state index is 10.3. The molecule has 2 nitrogen and oxygen atoms in total. The van der Waals surface area contributed by atoms with Crippen molar-refractivity contribution in [2.45, 2.75) is 117 Å². The third-order valence-electron chi connectivity index (χ3n) is 3.65. The molecule has 0 aromatic carbocycles. The topological polar surface area (TPSA) is 37.3 Å². The zero-order valence-corrected chi connectivity index (χ0v) is 20.8. The average molecular weight is 461 g/mol. The van der Waals surface area contributed by atoms with E-state index >= 15 is 0 Å². The van der Waals surface area contributed by atoms with Gasteiger partial charge in [-0.3, -0.25) is 4.79 Å². The Balaban J connectivity index is 0. The molecule has 0 bridgehead atoms. The van der Waals surface area contributed by atoms with Crippen LogP contribution in [0.15, 0.2) is 12.2 Å². The van der Waals surface area contributed by atoms with Gasteiger partial charge in [-0.2, -0.15) is 0 Å². The van der Waals surface area contributed by atoms with Gasteiger partial charge in [-0.25, -0.2) is 0 Å². The number of rotatable bonds is 15. The van der Waals surface area contributed by atoms with Crippen LogP contribution in [0.4, 0.5) is 0 Å². The zero-order chi connectivity index (χ0) is 19.4. The number of unbranched alkanes of at least 4 members (excludes halogenated alkanes) is 11. The van der Waals surface area contributed by atoms with Crippen molar-refractivity contribution in [3.63, 3.8) is 0 Å². The summed E-state index contributed by atoms with van der Waals surface area (Å²) in [6.07, 6.45) is 21.2. The SMILES string of the molecule is CCCCCCCC/C=C\CCCCCCCC(=O)O.[CH3][Sn]([CH3])([CH3])[CH3]. The van der Waals surface area contributed by atoms with Crippen molar-refractivity contribution in [1.82, 2.24) is 0 Å². The standard InChI is InChI=1S/C18H34O2.4CH3.Sn/c1-2-3-4-5-6-7-8-9-10-11-12-13-14-15-16-17-18(19)20;;;;;/h9-10H,2-8,11-17H2,1H3,(H,19,20);4*1H3;/b10-9-;;;;;. The minimum absolute atomic E-state index is 0.332. The third-order valence-corrected chi connectivity index (χ3v) is 3.65. The van der Waals surface area contributed by atoms with E-state index in [1.54, 1.807) is 0 Å². The Bertz CT molecular complexity index is 300. The Kier molecular flexibility index (Phi) is 22.1. The second kappa shape index (κ2) is 20.3. The van der Waals surface area contributed by atoms with E-state index in [2.05, 4.69) is 38.8 Å². The molecule has 0 heterocycles. The van der Waals surface area contributed by atoms with Crippen LogP contribution >= 0.6 is 0 Å². The summed E-state index contributed by atoms with van der Waals surface area (Å²) >= 11 is -1.18. The fourth-order valence-corrected chi connectivity index (χ4v) is 2.35. The first kappa shape index (κ1) is 27.2. The predicted molar refractivity (Wildman–Crippen MR) is 116 cm³/mol. The van der Waals surface area contributed by atoms with E-state index < -0.39 is 24.3 Å². The zero-order valence-electron chi connectivity index (χ0n) is 17.9. The molecule has 1 N–H and O–H groups in total. The van der Waals surface area contributed by atoms with Gasteiger partial charge in [0.2, 0.25) is 0 Å². The van der Waals surface area contributed by atoms with Gasteiger partial charge in [-0.05, 0) is 32.1 Å². The van der Waals surface area contributed by atoms with Crippen molar-refractivity contribution in [3.8, 4) is 0 Å². The molecule has 0 spiro atoms. The fraction of sp³-hybridized carbons (Fsp3) is 0.864. The summed E-state index contributed by atoms with van der Waals surface area (Å²) in [5, 5.41) is 8.51. The Morgan fingerprint density at radius 1 is 0.720 bits per heavy atom. The number of allylic oxidation sites excluding steroid dienone is 2. The van der Waals surface area contributed by atoms with Crippen molar-refractivity contribution >= 4 is 24.3 Å². The Morgan fingerprint density at radius 2 is 1.08 bits per heavy atom. The molecule has 0 aromatic rings. The van der Waals surface area contributed by atoms with Crippen LogP contribution in [-0.2, 0) is 4.79 Å². The molecule has 0 fully saturated rings. The molecular formula is C22H46O2Sn. The summed E-state index contributed by atoms with van der Waals surface area (Å²) in [4.78, 5) is 19.9. The first-order chi connectivity index (χ1) is 11.8. The second-order valence-corrected chi connectivity index (χ2v) is 25.9. The van der Waals surface area contributed by atoms with Crippen LogP contribution in [0.25, 0.3) is 0 Å². The Morgan fingerprint density at radius 3 is 1.48 bits per heavy atom. The maximum atomic E-state index is 10.3. The molecule has 25 heavy (non-hydrogen) atoms. The molecule has 0 aliphatic heterocycles. The van der Waals surface area contributed by atoms with Gasteiger partial charge >= 0.3 is 44.1 Å². The van der Waals surface area contributed by atoms with E-state index in [1.807, 2.05) is 0 Å². The van der Waals surface area contributed by atoms with E-state index in [4.69, 9.17) is 5.11 Å². The van der Waals surface area contributed by atoms with Gasteiger partial charge in [0.1, 0.15) is 0 Å². The number of hydrogen-bond acceptors (Lipinski definition) is 1. The van der Waals surface area contributed by atoms with Gasteiger partial charge in [0.25, 0.3) is 0 Å². The number of hydrogen-bond donors (Lipinski definition) is 1. The van der Waals surface area contributed by atoms with Crippen molar-refractivity contribution in [1.29, 1.82) is 0 Å². The van der Waals surface area contributed by atoms with Crippen LogP contribution in [0, 0.1) is 0 Å². The molecule has 0 radical (unpaired) electrons. The van der Waals surface area contributed by atoms with E-state index in [9.17, 15) is 4.79 Å². The minimum atomic E-state index is -1.18. The van der Waals surface area contributed by atoms with Crippen LogP contribution in [-0.4, -0.2) is 29.5 Å². The van der Waals surface area contributed by atoms with Crippen molar-refractivity contribution in [2.75, 3.05) is 0 Å². The van der Waals surface area contributed by atoms with E-state index in [0.29, 0.717) is 6.42 Å². The molecule has 0 unspecified atom stereocenters. The summed E-state index contributed by atoms with van der Waals surface area (Å²) in [7, 11) is 0. The summed E-state index contributed by atoms with van der Waals surface area (Å²) in [6.45, 7) is 2.26. The van der Waals surface area contributed by atoms with Gasteiger partial charge < -0.3 is 5.11 Å². The number of carbonyl (C=O) groups is 1. The molecule has 0 aliphatic rings. The van der Waals surface area contributed by atoms with Gasteiger partial charge in [0.05, 0.1) is 0 Å². The first-order valence-corrected chi connectivity index (χ1v) is 22.1. The van der Waals surface area contributed by atoms with Gasteiger partial charge in [-0.1, -0.05) is 70.4 Å². The van der Waals surface area contributed by atoms with Crippen LogP contribution < -0.4 is 0 Å². The van der Waals surface area contributed by atoms with Crippen LogP contribution in [0.5, 0.6) is 0 Å². The molecule has 0 aliphatic carbocycles. The van der Waals surface area contributed by atoms with E-state index in [1.165, 1.54) is 70.6 Å². The number of carboxylic acid groups (broad SMARTS) is 1. The van der Waals surface area contributed by atoms with Crippen molar-refractivity contribution < 1.29 is 9.90 Å². The summed E-state index contributed by atoms with van der Waals surface area (Å²) < 4.78 is 0. The molecule has 0 saturated carbocycles. The van der Waals surface area contributed by atoms with Crippen LogP contribution in [0.3, 0.4) is 0 Å². The summed E-state index contributed by atoms with van der Waals surface area (Å²) in [6, 6.07) is 0. The predicted octanol–water partition coefficient (Wildman–Crippen LogP) is 8.06. The molecule has 0 amide bonds. The van der Waals surface area contributed by atoms with Gasteiger partial charge in [-0.15, -0.1) is 0 Å². The monoisotopic (exact) mass is 462 g/mol. The quantitative estimate of drug-likeness (QED) is 0.152. The van der Waals surface area contributed by atoms with Crippen LogP contribution in [0.1, 0.15) is 96.8 Å². The molecule has 0 rings (SSSR count). The number of aliphatic carboxylic acids is 1. The first-order valence-electron chi connectivity index (χ1n) is 10.6. The summed E-state index contributed by atoms with van der Waals surface area (Å²) in [5.74, 6) is -0.664. The van der Waals surface area contributed by atoms with Gasteiger partial charge in [0.15, 0.2) is 0 Å². The second-order valence-electron chi connectivity index (χ2n) is 8.73. The van der Waals surface area contributed by atoms with Crippen molar-refractivity contribution in [3.05, 3.63) is 12.2 Å². The molecule has 0 aromatic heterocycles. The number of carboxylic acids is 1. The Hall–Kier alpha value is 0.00870. The molecule has 150 valence electrons. The average Bonchev–Trinajstić information content (AvgIpc) is 2.49. The van der Waals surface area contributed by atoms with Crippen molar-refractivity contribution in [2.24, 2.45) is 0 Å². The van der Waals surface area contributed by atoms with Crippen LogP contribution in [0.2, 0.25) is 19.8 Å².